The molecule has 4 N–H and O–H groups in total. The van der Waals surface area contributed by atoms with E-state index in [0.717, 1.165) is 4.88 Å². The second-order valence-electron chi connectivity index (χ2n) is 3.13. The summed E-state index contributed by atoms with van der Waals surface area (Å²) < 4.78 is 0. The van der Waals surface area contributed by atoms with Crippen molar-refractivity contribution in [1.29, 1.82) is 0 Å². The zero-order valence-corrected chi connectivity index (χ0v) is 9.14. The number of rotatable bonds is 3. The second kappa shape index (κ2) is 5.47. The quantitative estimate of drug-likeness (QED) is 0.289. The van der Waals surface area contributed by atoms with E-state index in [-0.39, 0.29) is 6.04 Å². The number of thiophene rings is 1. The fraction of sp³-hybridized carbons (Fsp3) is 0.333. The van der Waals surface area contributed by atoms with Gasteiger partial charge in [-0.2, -0.15) is 0 Å². The summed E-state index contributed by atoms with van der Waals surface area (Å²) in [6.07, 6.45) is 0.710. The fourth-order valence-corrected chi connectivity index (χ4v) is 1.97. The molecular weight excluding hydrogens is 214 g/mol. The first-order valence-corrected chi connectivity index (χ1v) is 5.35. The van der Waals surface area contributed by atoms with Crippen molar-refractivity contribution >= 4 is 23.2 Å². The highest BCUT2D eigenvalue weighted by atomic mass is 32.1. The van der Waals surface area contributed by atoms with Gasteiger partial charge in [-0.25, -0.2) is 5.84 Å². The molecule has 82 valence electrons. The highest BCUT2D eigenvalue weighted by Gasteiger charge is 2.14. The molecule has 0 fully saturated rings. The molecule has 1 atom stereocenters. The molecule has 15 heavy (non-hydrogen) atoms. The molecule has 0 radical (unpaired) electrons. The highest BCUT2D eigenvalue weighted by Crippen LogP contribution is 2.10. The third-order valence-electron chi connectivity index (χ3n) is 1.80. The lowest BCUT2D eigenvalue weighted by Gasteiger charge is -2.11. The molecule has 0 saturated heterocycles. The highest BCUT2D eigenvalue weighted by molar-refractivity contribution is 7.09. The van der Waals surface area contributed by atoms with Crippen LogP contribution in [0.25, 0.3) is 0 Å². The zero-order chi connectivity index (χ0) is 11.3. The number of hydrazine groups is 1. The summed E-state index contributed by atoms with van der Waals surface area (Å²) in [5, 5.41) is 4.51. The van der Waals surface area contributed by atoms with Crippen LogP contribution in [0, 0.1) is 0 Å². The summed E-state index contributed by atoms with van der Waals surface area (Å²) in [6, 6.07) is 3.84. The van der Waals surface area contributed by atoms with Gasteiger partial charge in [0, 0.05) is 17.3 Å². The summed E-state index contributed by atoms with van der Waals surface area (Å²) in [4.78, 5) is 23.1. The van der Waals surface area contributed by atoms with Crippen LogP contribution in [-0.4, -0.2) is 17.9 Å². The van der Waals surface area contributed by atoms with E-state index < -0.39 is 11.8 Å². The molecule has 1 aromatic rings. The summed E-state index contributed by atoms with van der Waals surface area (Å²) in [7, 11) is 0. The number of nitrogens with one attached hydrogen (secondary N) is 2. The maximum absolute atomic E-state index is 11.1. The van der Waals surface area contributed by atoms with Gasteiger partial charge in [0.2, 0.25) is 0 Å². The molecule has 0 aromatic carbocycles. The molecule has 0 aliphatic carbocycles. The normalized spacial score (nSPS) is 11.9. The monoisotopic (exact) mass is 227 g/mol. The maximum atomic E-state index is 11.1. The molecule has 2 amide bonds. The van der Waals surface area contributed by atoms with E-state index in [0.29, 0.717) is 6.42 Å². The van der Waals surface area contributed by atoms with Gasteiger partial charge in [-0.05, 0) is 18.4 Å². The Kier molecular flexibility index (Phi) is 4.26. The maximum Gasteiger partial charge on any atom is 0.323 e. The van der Waals surface area contributed by atoms with Gasteiger partial charge in [0.1, 0.15) is 0 Å². The zero-order valence-electron chi connectivity index (χ0n) is 8.32. The van der Waals surface area contributed by atoms with E-state index >= 15 is 0 Å². The van der Waals surface area contributed by atoms with Crippen molar-refractivity contribution in [1.82, 2.24) is 10.7 Å². The van der Waals surface area contributed by atoms with Crippen LogP contribution in [0.3, 0.4) is 0 Å². The average Bonchev–Trinajstić information content (AvgIpc) is 2.68. The molecule has 6 heteroatoms. The number of amides is 2. The second-order valence-corrected chi connectivity index (χ2v) is 4.16. The van der Waals surface area contributed by atoms with Crippen LogP contribution < -0.4 is 16.6 Å². The Morgan fingerprint density at radius 2 is 2.27 bits per heavy atom. The van der Waals surface area contributed by atoms with E-state index in [1.165, 1.54) is 0 Å². The molecule has 1 unspecified atom stereocenters. The molecule has 1 rings (SSSR count). The van der Waals surface area contributed by atoms with Crippen LogP contribution in [0.15, 0.2) is 17.5 Å². The van der Waals surface area contributed by atoms with Crippen molar-refractivity contribution in [3.63, 3.8) is 0 Å². The van der Waals surface area contributed by atoms with Crippen LogP contribution in [0.2, 0.25) is 0 Å². The van der Waals surface area contributed by atoms with E-state index in [1.807, 2.05) is 24.4 Å². The molecular formula is C9H13N3O2S. The van der Waals surface area contributed by atoms with Gasteiger partial charge >= 0.3 is 11.8 Å². The van der Waals surface area contributed by atoms with Gasteiger partial charge in [0.15, 0.2) is 0 Å². The Morgan fingerprint density at radius 3 is 2.80 bits per heavy atom. The van der Waals surface area contributed by atoms with Crippen LogP contribution >= 0.6 is 11.3 Å². The topological polar surface area (TPSA) is 84.2 Å². The molecule has 0 spiro atoms. The molecule has 0 aliphatic rings. The summed E-state index contributed by atoms with van der Waals surface area (Å²) >= 11 is 1.62. The third-order valence-corrected chi connectivity index (χ3v) is 2.70. The van der Waals surface area contributed by atoms with Gasteiger partial charge in [-0.1, -0.05) is 6.07 Å². The number of carbonyl (C=O) groups excluding carboxylic acids is 2. The smallest absolute Gasteiger partial charge is 0.323 e. The first kappa shape index (κ1) is 11.7. The lowest BCUT2D eigenvalue weighted by molar-refractivity contribution is -0.139. The minimum Gasteiger partial charge on any atom is -0.345 e. The predicted octanol–water partition coefficient (Wildman–Crippen LogP) is -0.215. The SMILES string of the molecule is CC(Cc1cccs1)NC(=O)C(=O)NN. The molecule has 0 aliphatic heterocycles. The fourth-order valence-electron chi connectivity index (χ4n) is 1.14. The average molecular weight is 227 g/mol. The van der Waals surface area contributed by atoms with Gasteiger partial charge in [-0.15, -0.1) is 11.3 Å². The summed E-state index contributed by atoms with van der Waals surface area (Å²) in [5.41, 5.74) is 1.78. The van der Waals surface area contributed by atoms with Crippen LogP contribution in [0.5, 0.6) is 0 Å². The Balaban J connectivity index is 2.39. The van der Waals surface area contributed by atoms with Crippen molar-refractivity contribution < 1.29 is 9.59 Å². The minimum atomic E-state index is -0.826. The van der Waals surface area contributed by atoms with E-state index in [9.17, 15) is 9.59 Å². The third kappa shape index (κ3) is 3.69. The van der Waals surface area contributed by atoms with Crippen molar-refractivity contribution in [2.75, 3.05) is 0 Å². The van der Waals surface area contributed by atoms with Gasteiger partial charge in [0.05, 0.1) is 0 Å². The molecule has 1 heterocycles. The standard InChI is InChI=1S/C9H13N3O2S/c1-6(5-7-3-2-4-15-7)11-8(13)9(14)12-10/h2-4,6H,5,10H2,1H3,(H,11,13)(H,12,14). The molecule has 1 aromatic heterocycles. The van der Waals surface area contributed by atoms with Gasteiger partial charge in [-0.3, -0.25) is 15.0 Å². The Morgan fingerprint density at radius 1 is 1.53 bits per heavy atom. The van der Waals surface area contributed by atoms with E-state index in [1.54, 1.807) is 16.8 Å². The Hall–Kier alpha value is -1.40. The lowest BCUT2D eigenvalue weighted by atomic mass is 10.2. The number of nitrogens with two attached hydrogens (primary N) is 1. The number of carbonyl (C=O) groups is 2. The van der Waals surface area contributed by atoms with Crippen LogP contribution in [-0.2, 0) is 16.0 Å². The van der Waals surface area contributed by atoms with E-state index in [4.69, 9.17) is 5.84 Å². The number of hydrogen-bond donors (Lipinski definition) is 3. The summed E-state index contributed by atoms with van der Waals surface area (Å²) in [6.45, 7) is 1.83. The first-order valence-electron chi connectivity index (χ1n) is 4.47. The van der Waals surface area contributed by atoms with Crippen LogP contribution in [0.1, 0.15) is 11.8 Å². The predicted molar refractivity (Wildman–Crippen MR) is 58.0 cm³/mol. The Bertz CT molecular complexity index is 337. The first-order chi connectivity index (χ1) is 7.13. The summed E-state index contributed by atoms with van der Waals surface area (Å²) in [5.74, 6) is 3.29. The molecule has 0 bridgehead atoms. The van der Waals surface area contributed by atoms with Crippen LogP contribution in [0.4, 0.5) is 0 Å². The number of hydrogen-bond acceptors (Lipinski definition) is 4. The van der Waals surface area contributed by atoms with Crippen molar-refractivity contribution in [3.05, 3.63) is 22.4 Å². The molecule has 5 nitrogen and oxygen atoms in total. The van der Waals surface area contributed by atoms with Crippen molar-refractivity contribution in [2.45, 2.75) is 19.4 Å². The lowest BCUT2D eigenvalue weighted by Crippen LogP contribution is -2.46. The minimum absolute atomic E-state index is 0.0894. The Labute approximate surface area is 91.6 Å². The van der Waals surface area contributed by atoms with Gasteiger partial charge < -0.3 is 5.32 Å². The van der Waals surface area contributed by atoms with Crippen molar-refractivity contribution in [3.8, 4) is 0 Å². The van der Waals surface area contributed by atoms with Gasteiger partial charge in [0.25, 0.3) is 0 Å². The van der Waals surface area contributed by atoms with E-state index in [2.05, 4.69) is 5.32 Å². The largest absolute Gasteiger partial charge is 0.345 e. The molecule has 0 saturated carbocycles. The van der Waals surface area contributed by atoms with Crippen molar-refractivity contribution in [2.24, 2.45) is 5.84 Å².